The van der Waals surface area contributed by atoms with Crippen molar-refractivity contribution in [3.8, 4) is 11.5 Å². The maximum absolute atomic E-state index is 11.8. The minimum Gasteiger partial charge on any atom is -0.496 e. The average molecular weight is 234 g/mol. The molecular formula is C14H18O3. The second kappa shape index (κ2) is 4.06. The number of hydrogen-bond acceptors (Lipinski definition) is 3. The van der Waals surface area contributed by atoms with Crippen LogP contribution in [0.5, 0.6) is 11.5 Å². The minimum absolute atomic E-state index is 0.279. The second-order valence-corrected chi connectivity index (χ2v) is 4.78. The van der Waals surface area contributed by atoms with Gasteiger partial charge in [0.1, 0.15) is 17.3 Å². The summed E-state index contributed by atoms with van der Waals surface area (Å²) in [5.41, 5.74) is 1.56. The van der Waals surface area contributed by atoms with Gasteiger partial charge in [0, 0.05) is 12.0 Å². The van der Waals surface area contributed by atoms with E-state index in [9.17, 15) is 4.79 Å². The fraction of sp³-hybridized carbons (Fsp3) is 0.500. The van der Waals surface area contributed by atoms with Crippen LogP contribution in [-0.2, 0) is 10.2 Å². The van der Waals surface area contributed by atoms with Gasteiger partial charge in [0.25, 0.3) is 0 Å². The monoisotopic (exact) mass is 234 g/mol. The van der Waals surface area contributed by atoms with Crippen LogP contribution in [0.2, 0.25) is 0 Å². The average Bonchev–Trinajstić information content (AvgIpc) is 2.35. The Morgan fingerprint density at radius 3 is 2.24 bits per heavy atom. The standard InChI is InChI=1S/C14H18O3/c1-9-7-12(17-4)10(8-11(9)16-3)14(2)6-5-13(14)15/h7-8H,5-6H2,1-4H3. The van der Waals surface area contributed by atoms with Crippen molar-refractivity contribution < 1.29 is 14.3 Å². The molecule has 0 aliphatic heterocycles. The zero-order chi connectivity index (χ0) is 12.6. The molecule has 3 heteroatoms. The van der Waals surface area contributed by atoms with E-state index in [1.54, 1.807) is 14.2 Å². The summed E-state index contributed by atoms with van der Waals surface area (Å²) in [7, 11) is 3.28. The van der Waals surface area contributed by atoms with Crippen molar-refractivity contribution in [2.45, 2.75) is 32.1 Å². The number of methoxy groups -OCH3 is 2. The highest BCUT2D eigenvalue weighted by Gasteiger charge is 2.44. The van der Waals surface area contributed by atoms with Crippen LogP contribution in [0, 0.1) is 6.92 Å². The van der Waals surface area contributed by atoms with Crippen molar-refractivity contribution in [1.82, 2.24) is 0 Å². The number of carbonyl (C=O) groups is 1. The lowest BCUT2D eigenvalue weighted by Crippen LogP contribution is -2.42. The van der Waals surface area contributed by atoms with Crippen LogP contribution in [0.25, 0.3) is 0 Å². The Labute approximate surface area is 102 Å². The summed E-state index contributed by atoms with van der Waals surface area (Å²) in [6.07, 6.45) is 1.55. The first-order valence-electron chi connectivity index (χ1n) is 5.79. The summed E-state index contributed by atoms with van der Waals surface area (Å²) in [6.45, 7) is 3.95. The molecule has 1 saturated carbocycles. The topological polar surface area (TPSA) is 35.5 Å². The third-order valence-corrected chi connectivity index (χ3v) is 3.78. The first-order valence-corrected chi connectivity index (χ1v) is 5.79. The molecule has 1 atom stereocenters. The molecule has 0 bridgehead atoms. The molecule has 0 amide bonds. The maximum Gasteiger partial charge on any atom is 0.143 e. The van der Waals surface area contributed by atoms with Crippen molar-refractivity contribution in [3.63, 3.8) is 0 Å². The van der Waals surface area contributed by atoms with Gasteiger partial charge in [-0.1, -0.05) is 0 Å². The van der Waals surface area contributed by atoms with Gasteiger partial charge in [-0.05, 0) is 38.0 Å². The second-order valence-electron chi connectivity index (χ2n) is 4.78. The fourth-order valence-electron chi connectivity index (χ4n) is 2.37. The molecule has 1 aliphatic carbocycles. The summed E-state index contributed by atoms with van der Waals surface area (Å²) in [6, 6.07) is 3.87. The smallest absolute Gasteiger partial charge is 0.143 e. The van der Waals surface area contributed by atoms with Crippen LogP contribution in [0.15, 0.2) is 12.1 Å². The van der Waals surface area contributed by atoms with E-state index >= 15 is 0 Å². The summed E-state index contributed by atoms with van der Waals surface area (Å²) in [5.74, 6) is 1.86. The minimum atomic E-state index is -0.397. The largest absolute Gasteiger partial charge is 0.496 e. The van der Waals surface area contributed by atoms with Gasteiger partial charge in [-0.15, -0.1) is 0 Å². The van der Waals surface area contributed by atoms with Crippen molar-refractivity contribution in [3.05, 3.63) is 23.3 Å². The van der Waals surface area contributed by atoms with Gasteiger partial charge in [0.15, 0.2) is 0 Å². The van der Waals surface area contributed by atoms with E-state index in [0.717, 1.165) is 29.0 Å². The van der Waals surface area contributed by atoms with Gasteiger partial charge >= 0.3 is 0 Å². The predicted octanol–water partition coefficient (Wildman–Crippen LogP) is 2.63. The predicted molar refractivity (Wildman–Crippen MR) is 65.9 cm³/mol. The molecule has 2 rings (SSSR count). The van der Waals surface area contributed by atoms with Crippen LogP contribution in [0.4, 0.5) is 0 Å². The number of benzene rings is 1. The summed E-state index contributed by atoms with van der Waals surface area (Å²) >= 11 is 0. The molecule has 1 fully saturated rings. The Morgan fingerprint density at radius 1 is 1.18 bits per heavy atom. The van der Waals surface area contributed by atoms with Crippen LogP contribution in [-0.4, -0.2) is 20.0 Å². The summed E-state index contributed by atoms with van der Waals surface area (Å²) in [4.78, 5) is 11.8. The van der Waals surface area contributed by atoms with E-state index in [2.05, 4.69) is 0 Å². The quantitative estimate of drug-likeness (QED) is 0.806. The molecule has 0 spiro atoms. The third kappa shape index (κ3) is 1.70. The zero-order valence-corrected chi connectivity index (χ0v) is 10.8. The molecule has 0 aromatic heterocycles. The molecule has 1 aliphatic rings. The van der Waals surface area contributed by atoms with Crippen LogP contribution >= 0.6 is 0 Å². The highest BCUT2D eigenvalue weighted by molar-refractivity contribution is 5.96. The fourth-order valence-corrected chi connectivity index (χ4v) is 2.37. The van der Waals surface area contributed by atoms with Gasteiger partial charge < -0.3 is 9.47 Å². The Hall–Kier alpha value is -1.51. The molecule has 1 unspecified atom stereocenters. The van der Waals surface area contributed by atoms with Crippen LogP contribution in [0.3, 0.4) is 0 Å². The number of ketones is 1. The Kier molecular flexibility index (Phi) is 2.86. The molecule has 0 heterocycles. The van der Waals surface area contributed by atoms with E-state index in [1.807, 2.05) is 26.0 Å². The van der Waals surface area contributed by atoms with E-state index in [0.29, 0.717) is 6.42 Å². The third-order valence-electron chi connectivity index (χ3n) is 3.78. The molecule has 1 aromatic carbocycles. The highest BCUT2D eigenvalue weighted by Crippen LogP contribution is 2.45. The van der Waals surface area contributed by atoms with Crippen molar-refractivity contribution in [1.29, 1.82) is 0 Å². The van der Waals surface area contributed by atoms with Crippen LogP contribution in [0.1, 0.15) is 30.9 Å². The van der Waals surface area contributed by atoms with E-state index in [4.69, 9.17) is 9.47 Å². The van der Waals surface area contributed by atoms with E-state index in [-0.39, 0.29) is 5.78 Å². The zero-order valence-electron chi connectivity index (χ0n) is 10.8. The lowest BCUT2D eigenvalue weighted by molar-refractivity contribution is -0.131. The number of carbonyl (C=O) groups excluding carboxylic acids is 1. The van der Waals surface area contributed by atoms with Gasteiger partial charge in [-0.2, -0.15) is 0 Å². The van der Waals surface area contributed by atoms with Crippen molar-refractivity contribution in [2.75, 3.05) is 14.2 Å². The van der Waals surface area contributed by atoms with Crippen molar-refractivity contribution in [2.24, 2.45) is 0 Å². The first-order chi connectivity index (χ1) is 8.02. The molecule has 3 nitrogen and oxygen atoms in total. The first kappa shape index (κ1) is 12.0. The van der Waals surface area contributed by atoms with E-state index < -0.39 is 5.41 Å². The lowest BCUT2D eigenvalue weighted by atomic mass is 9.64. The number of hydrogen-bond donors (Lipinski definition) is 0. The Balaban J connectivity index is 2.55. The van der Waals surface area contributed by atoms with Crippen LogP contribution < -0.4 is 9.47 Å². The molecule has 0 N–H and O–H groups in total. The number of aryl methyl sites for hydroxylation is 1. The van der Waals surface area contributed by atoms with Gasteiger partial charge in [0.05, 0.1) is 19.6 Å². The summed E-state index contributed by atoms with van der Waals surface area (Å²) in [5, 5.41) is 0. The van der Waals surface area contributed by atoms with Gasteiger partial charge in [-0.3, -0.25) is 4.79 Å². The SMILES string of the molecule is COc1cc(C2(C)CCC2=O)c(OC)cc1C. The Bertz CT molecular complexity index is 465. The maximum atomic E-state index is 11.8. The van der Waals surface area contributed by atoms with Gasteiger partial charge in [0.2, 0.25) is 0 Å². The van der Waals surface area contributed by atoms with E-state index in [1.165, 1.54) is 0 Å². The molecule has 0 radical (unpaired) electrons. The lowest BCUT2D eigenvalue weighted by Gasteiger charge is -2.38. The normalized spacial score (nSPS) is 23.2. The van der Waals surface area contributed by atoms with Gasteiger partial charge in [-0.25, -0.2) is 0 Å². The summed E-state index contributed by atoms with van der Waals surface area (Å²) < 4.78 is 10.7. The van der Waals surface area contributed by atoms with Crippen molar-refractivity contribution >= 4 is 5.78 Å². The Morgan fingerprint density at radius 2 is 1.82 bits per heavy atom. The highest BCUT2D eigenvalue weighted by atomic mass is 16.5. The number of Topliss-reactive ketones (excluding diaryl/α,β-unsaturated/α-hetero) is 1. The number of ether oxygens (including phenoxy) is 2. The molecule has 17 heavy (non-hydrogen) atoms. The molecule has 0 saturated heterocycles. The molecule has 92 valence electrons. The molecule has 1 aromatic rings. The number of rotatable bonds is 3. The molecular weight excluding hydrogens is 216 g/mol.